The molecular weight excluding hydrogens is 381 g/mol. The quantitative estimate of drug-likeness (QED) is 0.663. The molecule has 1 atom stereocenters. The number of hydrogen-bond acceptors (Lipinski definition) is 5. The summed E-state index contributed by atoms with van der Waals surface area (Å²) in [6.45, 7) is 1.13. The number of allylic oxidation sites excluding steroid dienone is 4. The number of Topliss-reactive ketones (excluding diaryl/α,β-unsaturated/α-hetero) is 1. The van der Waals surface area contributed by atoms with Crippen molar-refractivity contribution in [3.8, 4) is 6.07 Å². The van der Waals surface area contributed by atoms with Gasteiger partial charge >= 0.3 is 0 Å². The van der Waals surface area contributed by atoms with Crippen LogP contribution in [-0.2, 0) is 9.53 Å². The number of fused-ring (bicyclic) bond motifs is 1. The number of ketones is 1. The molecule has 2 aliphatic carbocycles. The highest BCUT2D eigenvalue weighted by molar-refractivity contribution is 5.98. The molecular formula is C24H26FN3O2. The molecule has 1 aromatic carbocycles. The Morgan fingerprint density at radius 3 is 2.80 bits per heavy atom. The molecule has 0 bridgehead atoms. The molecule has 0 amide bonds. The van der Waals surface area contributed by atoms with Crippen LogP contribution in [0.25, 0.3) is 5.57 Å². The van der Waals surface area contributed by atoms with Crippen LogP contribution >= 0.6 is 0 Å². The van der Waals surface area contributed by atoms with E-state index in [0.29, 0.717) is 30.0 Å². The molecule has 1 aromatic rings. The van der Waals surface area contributed by atoms with E-state index in [1.165, 1.54) is 12.1 Å². The van der Waals surface area contributed by atoms with E-state index in [9.17, 15) is 14.4 Å². The van der Waals surface area contributed by atoms with Gasteiger partial charge in [-0.15, -0.1) is 0 Å². The molecule has 5 nitrogen and oxygen atoms in total. The molecule has 1 unspecified atom stereocenters. The number of ether oxygens (including phenoxy) is 1. The van der Waals surface area contributed by atoms with Crippen LogP contribution in [0, 0.1) is 17.1 Å². The summed E-state index contributed by atoms with van der Waals surface area (Å²) in [6.07, 6.45) is 8.10. The average molecular weight is 407 g/mol. The van der Waals surface area contributed by atoms with E-state index in [2.05, 4.69) is 6.07 Å². The third-order valence-electron chi connectivity index (χ3n) is 5.71. The third-order valence-corrected chi connectivity index (χ3v) is 5.71. The summed E-state index contributed by atoms with van der Waals surface area (Å²) >= 11 is 0. The van der Waals surface area contributed by atoms with E-state index in [1.54, 1.807) is 6.07 Å². The molecule has 0 saturated heterocycles. The summed E-state index contributed by atoms with van der Waals surface area (Å²) in [5, 5.41) is 9.96. The zero-order valence-electron chi connectivity index (χ0n) is 16.9. The summed E-state index contributed by atoms with van der Waals surface area (Å²) in [7, 11) is 0. The second-order valence-corrected chi connectivity index (χ2v) is 8.00. The van der Waals surface area contributed by atoms with Gasteiger partial charge in [-0.05, 0) is 73.6 Å². The SMILES string of the molecule is N#CC1=C(c2cccc(F)c2)C2=CC(OCCCCCN)C(=O)CC2=CN1C1CC1. The fraction of sp³-hybridized carbons (Fsp3) is 0.417. The molecule has 1 heterocycles. The van der Waals surface area contributed by atoms with E-state index in [-0.39, 0.29) is 24.1 Å². The van der Waals surface area contributed by atoms with Gasteiger partial charge in [0.2, 0.25) is 0 Å². The Kier molecular flexibility index (Phi) is 6.12. The van der Waals surface area contributed by atoms with E-state index < -0.39 is 6.10 Å². The summed E-state index contributed by atoms with van der Waals surface area (Å²) in [5.41, 5.74) is 9.03. The van der Waals surface area contributed by atoms with Crippen LogP contribution in [0.2, 0.25) is 0 Å². The van der Waals surface area contributed by atoms with Gasteiger partial charge in [0.1, 0.15) is 23.7 Å². The second-order valence-electron chi connectivity index (χ2n) is 8.00. The van der Waals surface area contributed by atoms with Crippen molar-refractivity contribution in [2.45, 2.75) is 50.7 Å². The van der Waals surface area contributed by atoms with Crippen molar-refractivity contribution in [2.24, 2.45) is 5.73 Å². The number of benzene rings is 1. The summed E-state index contributed by atoms with van der Waals surface area (Å²) in [5.74, 6) is -0.342. The Labute approximate surface area is 176 Å². The van der Waals surface area contributed by atoms with Gasteiger partial charge in [-0.1, -0.05) is 12.1 Å². The Bertz CT molecular complexity index is 969. The first-order valence-electron chi connectivity index (χ1n) is 10.6. The standard InChI is InChI=1S/C24H26FN3O2/c25-18-6-4-5-16(11-18)24-20-13-23(30-10-3-1-2-9-26)22(29)12-17(20)15-28(19-7-8-19)21(24)14-27/h4-6,11,13,15,19,23H,1-3,7-10,12,26H2. The minimum Gasteiger partial charge on any atom is -0.366 e. The average Bonchev–Trinajstić information content (AvgIpc) is 3.58. The van der Waals surface area contributed by atoms with Crippen molar-refractivity contribution < 1.29 is 13.9 Å². The smallest absolute Gasteiger partial charge is 0.169 e. The lowest BCUT2D eigenvalue weighted by Gasteiger charge is -2.34. The lowest BCUT2D eigenvalue weighted by atomic mass is 9.81. The Morgan fingerprint density at radius 2 is 2.10 bits per heavy atom. The molecule has 6 heteroatoms. The predicted octanol–water partition coefficient (Wildman–Crippen LogP) is 3.84. The summed E-state index contributed by atoms with van der Waals surface area (Å²) in [4.78, 5) is 14.7. The largest absolute Gasteiger partial charge is 0.366 e. The van der Waals surface area contributed by atoms with E-state index in [0.717, 1.165) is 43.3 Å². The van der Waals surface area contributed by atoms with Gasteiger partial charge in [0, 0.05) is 30.8 Å². The van der Waals surface area contributed by atoms with Crippen molar-refractivity contribution in [3.63, 3.8) is 0 Å². The molecule has 156 valence electrons. The number of unbranched alkanes of at least 4 members (excludes halogenated alkanes) is 2. The predicted molar refractivity (Wildman–Crippen MR) is 112 cm³/mol. The van der Waals surface area contributed by atoms with Crippen molar-refractivity contribution in [1.82, 2.24) is 4.90 Å². The number of rotatable bonds is 8. The molecule has 4 rings (SSSR count). The maximum atomic E-state index is 14.0. The minimum absolute atomic E-state index is 0.0126. The number of nitriles is 1. The van der Waals surface area contributed by atoms with Crippen molar-refractivity contribution >= 4 is 11.4 Å². The Hall–Kier alpha value is -2.75. The minimum atomic E-state index is -0.647. The number of halogens is 1. The van der Waals surface area contributed by atoms with Crippen LogP contribution < -0.4 is 5.73 Å². The highest BCUT2D eigenvalue weighted by Gasteiger charge is 2.38. The number of carbonyl (C=O) groups is 1. The van der Waals surface area contributed by atoms with Crippen LogP contribution in [0.5, 0.6) is 0 Å². The van der Waals surface area contributed by atoms with Gasteiger partial charge < -0.3 is 15.4 Å². The normalized spacial score (nSPS) is 21.2. The number of hydrogen-bond donors (Lipinski definition) is 1. The highest BCUT2D eigenvalue weighted by atomic mass is 19.1. The topological polar surface area (TPSA) is 79.3 Å². The van der Waals surface area contributed by atoms with Crippen LogP contribution in [0.1, 0.15) is 44.1 Å². The van der Waals surface area contributed by atoms with Gasteiger partial charge in [-0.2, -0.15) is 5.26 Å². The first-order valence-corrected chi connectivity index (χ1v) is 10.6. The monoisotopic (exact) mass is 407 g/mol. The number of nitrogens with zero attached hydrogens (tertiary/aromatic N) is 2. The zero-order chi connectivity index (χ0) is 21.1. The lowest BCUT2D eigenvalue weighted by Crippen LogP contribution is -2.32. The molecule has 1 saturated carbocycles. The van der Waals surface area contributed by atoms with Crippen LogP contribution in [-0.4, -0.2) is 36.0 Å². The maximum Gasteiger partial charge on any atom is 0.169 e. The summed E-state index contributed by atoms with van der Waals surface area (Å²) in [6, 6.07) is 8.88. The molecule has 1 aliphatic heterocycles. The fourth-order valence-electron chi connectivity index (χ4n) is 4.05. The van der Waals surface area contributed by atoms with Crippen LogP contribution in [0.3, 0.4) is 0 Å². The van der Waals surface area contributed by atoms with E-state index in [4.69, 9.17) is 10.5 Å². The van der Waals surface area contributed by atoms with Crippen molar-refractivity contribution in [3.05, 3.63) is 64.8 Å². The first kappa shape index (κ1) is 20.5. The van der Waals surface area contributed by atoms with E-state index in [1.807, 2.05) is 23.2 Å². The molecule has 2 N–H and O–H groups in total. The molecule has 1 fully saturated rings. The van der Waals surface area contributed by atoms with Gasteiger partial charge in [0.25, 0.3) is 0 Å². The van der Waals surface area contributed by atoms with Crippen LogP contribution in [0.15, 0.2) is 53.4 Å². The van der Waals surface area contributed by atoms with Gasteiger partial charge in [0.05, 0.1) is 0 Å². The van der Waals surface area contributed by atoms with Gasteiger partial charge in [-0.3, -0.25) is 4.79 Å². The molecule has 0 spiro atoms. The molecule has 30 heavy (non-hydrogen) atoms. The molecule has 3 aliphatic rings. The number of carbonyl (C=O) groups excluding carboxylic acids is 1. The first-order chi connectivity index (χ1) is 14.6. The highest BCUT2D eigenvalue weighted by Crippen LogP contribution is 2.44. The van der Waals surface area contributed by atoms with Crippen molar-refractivity contribution in [1.29, 1.82) is 5.26 Å². The second kappa shape index (κ2) is 8.95. The lowest BCUT2D eigenvalue weighted by molar-refractivity contribution is -0.127. The van der Waals surface area contributed by atoms with Crippen molar-refractivity contribution in [2.75, 3.05) is 13.2 Å². The fourth-order valence-corrected chi connectivity index (χ4v) is 4.05. The maximum absolute atomic E-state index is 14.0. The third kappa shape index (κ3) is 4.23. The molecule has 0 radical (unpaired) electrons. The number of nitrogens with two attached hydrogens (primary N) is 1. The zero-order valence-corrected chi connectivity index (χ0v) is 16.9. The van der Waals surface area contributed by atoms with Crippen LogP contribution in [0.4, 0.5) is 4.39 Å². The Balaban J connectivity index is 1.70. The van der Waals surface area contributed by atoms with E-state index >= 15 is 0 Å². The van der Waals surface area contributed by atoms with Gasteiger partial charge in [0.15, 0.2) is 5.78 Å². The Morgan fingerprint density at radius 1 is 1.27 bits per heavy atom. The molecule has 0 aromatic heterocycles. The summed E-state index contributed by atoms with van der Waals surface area (Å²) < 4.78 is 19.9. The van der Waals surface area contributed by atoms with Gasteiger partial charge in [-0.25, -0.2) is 4.39 Å².